The van der Waals surface area contributed by atoms with E-state index in [9.17, 15) is 0 Å². The van der Waals surface area contributed by atoms with Crippen molar-refractivity contribution in [1.29, 1.82) is 0 Å². The predicted octanol–water partition coefficient (Wildman–Crippen LogP) is 14.3. The molecule has 0 bridgehead atoms. The van der Waals surface area contributed by atoms with Crippen LogP contribution in [0.15, 0.2) is 170 Å². The summed E-state index contributed by atoms with van der Waals surface area (Å²) in [7, 11) is 0. The third-order valence-electron chi connectivity index (χ3n) is 11.9. The van der Waals surface area contributed by atoms with Gasteiger partial charge in [-0.25, -0.2) is 4.98 Å². The molecule has 0 fully saturated rings. The van der Waals surface area contributed by atoms with Gasteiger partial charge in [0.15, 0.2) is 0 Å². The number of para-hydroxylation sites is 2. The number of hydrogen-bond acceptors (Lipinski definition) is 3. The molecular formula is C53H45N3. The molecule has 0 radical (unpaired) electrons. The van der Waals surface area contributed by atoms with Crippen molar-refractivity contribution in [3.63, 3.8) is 0 Å². The fourth-order valence-electron chi connectivity index (χ4n) is 9.25. The fraction of sp³-hybridized carbons (Fsp3) is 0.151. The molecule has 0 amide bonds. The second kappa shape index (κ2) is 13.7. The largest absolute Gasteiger partial charge is 0.330 e. The quantitative estimate of drug-likeness (QED) is 0.156. The topological polar surface area (TPSA) is 19.4 Å². The van der Waals surface area contributed by atoms with Gasteiger partial charge in [0, 0.05) is 34.0 Å². The molecule has 1 aromatic heterocycles. The van der Waals surface area contributed by atoms with Gasteiger partial charge in [0.2, 0.25) is 0 Å². The molecule has 56 heavy (non-hydrogen) atoms. The summed E-state index contributed by atoms with van der Waals surface area (Å²) in [4.78, 5) is 10.1. The summed E-state index contributed by atoms with van der Waals surface area (Å²) in [6.07, 6.45) is 8.00. The Bertz CT molecular complexity index is 2850. The lowest BCUT2D eigenvalue weighted by atomic mass is 9.72. The number of hydrogen-bond donors (Lipinski definition) is 0. The van der Waals surface area contributed by atoms with Gasteiger partial charge >= 0.3 is 0 Å². The standard InChI is InChI=1S/C53H45N3/c1-34(2)47-31-49(55(40-19-7-5-8-20-40)42-24-23-36-15-11-12-16-37(36)29-42)45-27-25-44-48(35(3)4)32-50(46-28-26-43(47)52(45)53(44)46)56(41-21-9-6-10-22-41)51-30-38-17-13-14-18-39(38)33-54-51/h5-24,26-35,49H,25H2,1-4H3. The van der Waals surface area contributed by atoms with Crippen molar-refractivity contribution in [2.24, 2.45) is 5.92 Å². The van der Waals surface area contributed by atoms with E-state index in [1.165, 1.54) is 71.7 Å². The average Bonchev–Trinajstić information content (AvgIpc) is 3.24. The van der Waals surface area contributed by atoms with E-state index in [4.69, 9.17) is 4.98 Å². The van der Waals surface area contributed by atoms with Crippen LogP contribution in [0.2, 0.25) is 0 Å². The van der Waals surface area contributed by atoms with E-state index in [2.05, 4.69) is 201 Å². The number of anilines is 5. The van der Waals surface area contributed by atoms with Crippen LogP contribution in [0.25, 0.3) is 43.5 Å². The molecule has 3 heteroatoms. The first-order chi connectivity index (χ1) is 27.4. The maximum Gasteiger partial charge on any atom is 0.138 e. The Balaban J connectivity index is 1.25. The van der Waals surface area contributed by atoms with E-state index >= 15 is 0 Å². The number of rotatable bonds is 8. The molecule has 2 aliphatic carbocycles. The number of nitrogens with zero attached hydrogens (tertiary/aromatic N) is 3. The Labute approximate surface area is 329 Å². The van der Waals surface area contributed by atoms with E-state index < -0.39 is 0 Å². The van der Waals surface area contributed by atoms with Crippen molar-refractivity contribution in [1.82, 2.24) is 4.98 Å². The molecule has 7 aromatic carbocycles. The van der Waals surface area contributed by atoms with E-state index in [1.807, 2.05) is 6.20 Å². The van der Waals surface area contributed by atoms with Crippen LogP contribution in [-0.4, -0.2) is 11.0 Å². The average molecular weight is 724 g/mol. The number of aromatic nitrogens is 1. The summed E-state index contributed by atoms with van der Waals surface area (Å²) in [6, 6.07) is 55.4. The number of benzene rings is 7. The Kier molecular flexibility index (Phi) is 8.33. The summed E-state index contributed by atoms with van der Waals surface area (Å²) in [5.41, 5.74) is 13.0. The highest BCUT2D eigenvalue weighted by Crippen LogP contribution is 2.52. The van der Waals surface area contributed by atoms with Crippen LogP contribution in [0, 0.1) is 5.92 Å². The van der Waals surface area contributed by atoms with Crippen molar-refractivity contribution in [3.05, 3.63) is 192 Å². The number of pyridine rings is 1. The Morgan fingerprint density at radius 2 is 1.25 bits per heavy atom. The highest BCUT2D eigenvalue weighted by Gasteiger charge is 2.36. The van der Waals surface area contributed by atoms with Crippen molar-refractivity contribution in [3.8, 4) is 0 Å². The summed E-state index contributed by atoms with van der Waals surface area (Å²) in [6.45, 7) is 9.38. The molecule has 0 saturated carbocycles. The first-order valence-corrected chi connectivity index (χ1v) is 20.0. The van der Waals surface area contributed by atoms with Crippen molar-refractivity contribution >= 4 is 72.0 Å². The van der Waals surface area contributed by atoms with Crippen LogP contribution in [-0.2, 0) is 6.42 Å². The Morgan fingerprint density at radius 3 is 1.96 bits per heavy atom. The molecule has 2 aliphatic rings. The highest BCUT2D eigenvalue weighted by atomic mass is 15.2. The van der Waals surface area contributed by atoms with Gasteiger partial charge in [0.25, 0.3) is 0 Å². The second-order valence-corrected chi connectivity index (χ2v) is 15.9. The Morgan fingerprint density at radius 1 is 0.589 bits per heavy atom. The van der Waals surface area contributed by atoms with E-state index in [-0.39, 0.29) is 6.04 Å². The lowest BCUT2D eigenvalue weighted by molar-refractivity contribution is 0.831. The van der Waals surface area contributed by atoms with Crippen molar-refractivity contribution < 1.29 is 0 Å². The van der Waals surface area contributed by atoms with Crippen LogP contribution in [0.3, 0.4) is 0 Å². The van der Waals surface area contributed by atoms with E-state index in [0.717, 1.165) is 29.0 Å². The monoisotopic (exact) mass is 723 g/mol. The van der Waals surface area contributed by atoms with Crippen LogP contribution in [0.1, 0.15) is 55.9 Å². The molecule has 0 aliphatic heterocycles. The lowest BCUT2D eigenvalue weighted by Gasteiger charge is -2.41. The molecule has 1 atom stereocenters. The fourth-order valence-corrected chi connectivity index (χ4v) is 9.25. The SMILES string of the molecule is CC(C)C1=CC(N(c2ccccc2)c2ccc3ccccc3c2)C2=CCc3c(C(C)C)cc(N(c4ccccc4)c4cc5ccccc5cn4)c4ccc1c2c34. The lowest BCUT2D eigenvalue weighted by Crippen LogP contribution is -2.34. The van der Waals surface area contributed by atoms with Gasteiger partial charge in [-0.2, -0.15) is 0 Å². The van der Waals surface area contributed by atoms with Crippen LogP contribution < -0.4 is 9.80 Å². The first-order valence-electron chi connectivity index (χ1n) is 20.0. The van der Waals surface area contributed by atoms with Crippen LogP contribution in [0.5, 0.6) is 0 Å². The van der Waals surface area contributed by atoms with Gasteiger partial charge in [-0.15, -0.1) is 0 Å². The zero-order valence-corrected chi connectivity index (χ0v) is 32.4. The molecular weight excluding hydrogens is 679 g/mol. The van der Waals surface area contributed by atoms with Gasteiger partial charge in [-0.05, 0) is 122 Å². The summed E-state index contributed by atoms with van der Waals surface area (Å²) in [5.74, 6) is 1.58. The minimum atomic E-state index is 0.000694. The minimum absolute atomic E-state index is 0.000694. The third kappa shape index (κ3) is 5.61. The van der Waals surface area contributed by atoms with Crippen LogP contribution >= 0.6 is 0 Å². The second-order valence-electron chi connectivity index (χ2n) is 15.9. The molecule has 8 aromatic rings. The normalized spacial score (nSPS) is 14.7. The van der Waals surface area contributed by atoms with Crippen LogP contribution in [0.4, 0.5) is 28.6 Å². The van der Waals surface area contributed by atoms with E-state index in [0.29, 0.717) is 11.8 Å². The molecule has 3 nitrogen and oxygen atoms in total. The Hall–Kier alpha value is -6.45. The molecule has 1 unspecified atom stereocenters. The van der Waals surface area contributed by atoms with E-state index in [1.54, 1.807) is 0 Å². The highest BCUT2D eigenvalue weighted by molar-refractivity contribution is 6.12. The molecule has 1 heterocycles. The molecule has 0 saturated heterocycles. The maximum atomic E-state index is 5.14. The summed E-state index contributed by atoms with van der Waals surface area (Å²) >= 11 is 0. The number of allylic oxidation sites excluding steroid dienone is 2. The first kappa shape index (κ1) is 34.1. The summed E-state index contributed by atoms with van der Waals surface area (Å²) < 4.78 is 0. The minimum Gasteiger partial charge on any atom is -0.330 e. The predicted molar refractivity (Wildman–Crippen MR) is 239 cm³/mol. The zero-order chi connectivity index (χ0) is 37.9. The van der Waals surface area contributed by atoms with Gasteiger partial charge in [-0.3, -0.25) is 4.90 Å². The third-order valence-corrected chi connectivity index (χ3v) is 11.9. The smallest absolute Gasteiger partial charge is 0.138 e. The van der Waals surface area contributed by atoms with Crippen molar-refractivity contribution in [2.75, 3.05) is 9.80 Å². The molecule has 0 spiro atoms. The zero-order valence-electron chi connectivity index (χ0n) is 32.4. The van der Waals surface area contributed by atoms with Gasteiger partial charge in [-0.1, -0.05) is 143 Å². The van der Waals surface area contributed by atoms with Crippen molar-refractivity contribution in [2.45, 2.75) is 46.1 Å². The molecule has 272 valence electrons. The number of fused-ring (bicyclic) bond motifs is 2. The van der Waals surface area contributed by atoms with Gasteiger partial charge in [0.05, 0.1) is 11.7 Å². The maximum absolute atomic E-state index is 5.14. The van der Waals surface area contributed by atoms with Gasteiger partial charge < -0.3 is 4.90 Å². The summed E-state index contributed by atoms with van der Waals surface area (Å²) in [5, 5.41) is 7.45. The molecule has 0 N–H and O–H groups in total. The molecule has 10 rings (SSSR count). The van der Waals surface area contributed by atoms with Gasteiger partial charge in [0.1, 0.15) is 5.82 Å².